The van der Waals surface area contributed by atoms with E-state index < -0.39 is 11.9 Å². The predicted octanol–water partition coefficient (Wildman–Crippen LogP) is 2.15. The Kier molecular flexibility index (Phi) is 5.38. The maximum atomic E-state index is 12.8. The van der Waals surface area contributed by atoms with Crippen molar-refractivity contribution in [3.8, 4) is 11.5 Å². The Morgan fingerprint density at radius 2 is 1.90 bits per heavy atom. The molecular weight excluding hydrogens is 384 g/mol. The van der Waals surface area contributed by atoms with E-state index in [-0.39, 0.29) is 24.8 Å². The monoisotopic (exact) mass is 406 g/mol. The molecule has 1 aromatic heterocycles. The number of carbonyl (C=O) groups is 2. The summed E-state index contributed by atoms with van der Waals surface area (Å²) in [4.78, 5) is 27.0. The molecule has 0 bridgehead atoms. The molecule has 3 aromatic rings. The van der Waals surface area contributed by atoms with Crippen LogP contribution in [0.4, 0.5) is 5.69 Å². The highest BCUT2D eigenvalue weighted by molar-refractivity contribution is 6.02. The number of hydrogen-bond donors (Lipinski definition) is 1. The highest BCUT2D eigenvalue weighted by atomic mass is 16.5. The van der Waals surface area contributed by atoms with E-state index >= 15 is 0 Å². The number of nitrogens with one attached hydrogen (secondary N) is 1. The van der Waals surface area contributed by atoms with Crippen molar-refractivity contribution in [1.29, 1.82) is 0 Å². The summed E-state index contributed by atoms with van der Waals surface area (Å²) in [6, 6.07) is 17.5. The number of rotatable bonds is 5. The van der Waals surface area contributed by atoms with Crippen LogP contribution in [0.2, 0.25) is 0 Å². The normalized spacial score (nSPS) is 15.7. The molecule has 8 heteroatoms. The molecule has 2 heterocycles. The predicted molar refractivity (Wildman–Crippen MR) is 111 cm³/mol. The second-order valence-corrected chi connectivity index (χ2v) is 6.95. The third-order valence-corrected chi connectivity index (χ3v) is 4.91. The van der Waals surface area contributed by atoms with E-state index in [2.05, 4.69) is 10.4 Å². The molecule has 30 heavy (non-hydrogen) atoms. The first-order valence-electron chi connectivity index (χ1n) is 9.54. The first-order valence-corrected chi connectivity index (χ1v) is 9.54. The molecule has 1 N–H and O–H groups in total. The number of benzene rings is 2. The molecule has 1 atom stereocenters. The number of aryl methyl sites for hydroxylation is 1. The van der Waals surface area contributed by atoms with Gasteiger partial charge in [-0.2, -0.15) is 5.10 Å². The highest BCUT2D eigenvalue weighted by Gasteiger charge is 2.31. The van der Waals surface area contributed by atoms with Crippen molar-refractivity contribution in [1.82, 2.24) is 15.1 Å². The lowest BCUT2D eigenvalue weighted by molar-refractivity contribution is -0.120. The summed E-state index contributed by atoms with van der Waals surface area (Å²) in [5.74, 6) is 0.631. The molecular formula is C22H22N4O4. The summed E-state index contributed by atoms with van der Waals surface area (Å²) >= 11 is 0. The molecule has 2 amide bonds. The van der Waals surface area contributed by atoms with Crippen LogP contribution < -0.4 is 19.7 Å². The van der Waals surface area contributed by atoms with Crippen LogP contribution in [0.3, 0.4) is 0 Å². The smallest absolute Gasteiger partial charge is 0.272 e. The van der Waals surface area contributed by atoms with Gasteiger partial charge in [-0.05, 0) is 30.3 Å². The van der Waals surface area contributed by atoms with Crippen LogP contribution in [0.5, 0.6) is 11.5 Å². The second kappa shape index (κ2) is 8.28. The molecule has 0 radical (unpaired) electrons. The molecule has 8 nitrogen and oxygen atoms in total. The molecule has 4 rings (SSSR count). The van der Waals surface area contributed by atoms with E-state index in [1.165, 1.54) is 4.90 Å². The van der Waals surface area contributed by atoms with Gasteiger partial charge in [-0.15, -0.1) is 0 Å². The fourth-order valence-corrected chi connectivity index (χ4v) is 3.21. The van der Waals surface area contributed by atoms with Gasteiger partial charge >= 0.3 is 0 Å². The summed E-state index contributed by atoms with van der Waals surface area (Å²) in [6.45, 7) is 0.313. The number of nitrogens with zero attached hydrogens (tertiary/aromatic N) is 3. The third kappa shape index (κ3) is 3.98. The molecule has 154 valence electrons. The molecule has 0 saturated carbocycles. The van der Waals surface area contributed by atoms with Crippen LogP contribution in [0, 0.1) is 0 Å². The number of para-hydroxylation sites is 3. The zero-order chi connectivity index (χ0) is 21.1. The minimum atomic E-state index is -0.819. The van der Waals surface area contributed by atoms with Crippen LogP contribution in [0.1, 0.15) is 16.2 Å². The van der Waals surface area contributed by atoms with Crippen LogP contribution in [0.25, 0.3) is 0 Å². The standard InChI is InChI=1S/C22H22N4O4/c1-25-19-10-6-7-11-20(19)30-14-18(22(25)28)23-21(27)17-12-15(26(2)24-17)13-29-16-8-4-3-5-9-16/h3-12,18H,13-14H2,1-2H3,(H,23,27). The molecule has 0 spiro atoms. The van der Waals surface area contributed by atoms with Crippen LogP contribution in [0.15, 0.2) is 60.7 Å². The minimum absolute atomic E-state index is 0.0444. The zero-order valence-corrected chi connectivity index (χ0v) is 16.7. The Hall–Kier alpha value is -3.81. The first kappa shape index (κ1) is 19.5. The van der Waals surface area contributed by atoms with Crippen molar-refractivity contribution in [2.45, 2.75) is 12.6 Å². The quantitative estimate of drug-likeness (QED) is 0.702. The number of aromatic nitrogens is 2. The van der Waals surface area contributed by atoms with Crippen LogP contribution in [-0.2, 0) is 18.4 Å². The fourth-order valence-electron chi connectivity index (χ4n) is 3.21. The number of likely N-dealkylation sites (N-methyl/N-ethyl adjacent to an activating group) is 1. The number of hydrogen-bond acceptors (Lipinski definition) is 5. The SMILES string of the molecule is CN1C(=O)C(NC(=O)c2cc(COc3ccccc3)n(C)n2)COc2ccccc21. The van der Waals surface area contributed by atoms with Crippen molar-refractivity contribution in [2.24, 2.45) is 7.05 Å². The van der Waals surface area contributed by atoms with E-state index in [1.807, 2.05) is 42.5 Å². The summed E-state index contributed by atoms with van der Waals surface area (Å²) in [5, 5.41) is 6.99. The summed E-state index contributed by atoms with van der Waals surface area (Å²) < 4.78 is 13.0. The molecule has 0 aliphatic carbocycles. The minimum Gasteiger partial charge on any atom is -0.489 e. The largest absolute Gasteiger partial charge is 0.489 e. The van der Waals surface area contributed by atoms with Crippen LogP contribution >= 0.6 is 0 Å². The van der Waals surface area contributed by atoms with Gasteiger partial charge in [0.2, 0.25) is 0 Å². The summed E-state index contributed by atoms with van der Waals surface area (Å²) in [6.07, 6.45) is 0. The van der Waals surface area contributed by atoms with E-state index in [9.17, 15) is 9.59 Å². The average molecular weight is 406 g/mol. The molecule has 1 aliphatic heterocycles. The lowest BCUT2D eigenvalue weighted by atomic mass is 10.2. The molecule has 0 fully saturated rings. The number of amides is 2. The fraction of sp³-hybridized carbons (Fsp3) is 0.227. The van der Waals surface area contributed by atoms with Crippen molar-refractivity contribution in [2.75, 3.05) is 18.6 Å². The number of anilines is 1. The van der Waals surface area contributed by atoms with E-state index in [4.69, 9.17) is 9.47 Å². The van der Waals surface area contributed by atoms with E-state index in [0.29, 0.717) is 11.4 Å². The van der Waals surface area contributed by atoms with Gasteiger partial charge < -0.3 is 19.7 Å². The molecule has 2 aromatic carbocycles. The van der Waals surface area contributed by atoms with E-state index in [1.54, 1.807) is 37.0 Å². The van der Waals surface area contributed by atoms with Gasteiger partial charge in [-0.25, -0.2) is 0 Å². The van der Waals surface area contributed by atoms with Gasteiger partial charge in [0.05, 0.1) is 11.4 Å². The number of fused-ring (bicyclic) bond motifs is 1. The zero-order valence-electron chi connectivity index (χ0n) is 16.7. The highest BCUT2D eigenvalue weighted by Crippen LogP contribution is 2.29. The van der Waals surface area contributed by atoms with Gasteiger partial charge in [-0.3, -0.25) is 14.3 Å². The van der Waals surface area contributed by atoms with E-state index in [0.717, 1.165) is 11.4 Å². The Labute approximate surface area is 174 Å². The molecule has 0 saturated heterocycles. The summed E-state index contributed by atoms with van der Waals surface area (Å²) in [7, 11) is 3.40. The lowest BCUT2D eigenvalue weighted by Crippen LogP contribution is -2.49. The molecule has 1 unspecified atom stereocenters. The maximum Gasteiger partial charge on any atom is 0.272 e. The lowest BCUT2D eigenvalue weighted by Gasteiger charge is -2.20. The second-order valence-electron chi connectivity index (χ2n) is 6.95. The number of ether oxygens (including phenoxy) is 2. The van der Waals surface area contributed by atoms with Crippen molar-refractivity contribution in [3.05, 3.63) is 72.1 Å². The number of carbonyl (C=O) groups excluding carboxylic acids is 2. The van der Waals surface area contributed by atoms with Gasteiger partial charge in [0.15, 0.2) is 5.69 Å². The van der Waals surface area contributed by atoms with Crippen molar-refractivity contribution < 1.29 is 19.1 Å². The Bertz CT molecular complexity index is 1060. The maximum absolute atomic E-state index is 12.8. The van der Waals surface area contributed by atoms with Crippen molar-refractivity contribution >= 4 is 17.5 Å². The van der Waals surface area contributed by atoms with Crippen LogP contribution in [-0.4, -0.2) is 41.3 Å². The third-order valence-electron chi connectivity index (χ3n) is 4.91. The Balaban J connectivity index is 1.43. The Morgan fingerprint density at radius 1 is 1.17 bits per heavy atom. The van der Waals surface area contributed by atoms with Crippen molar-refractivity contribution in [3.63, 3.8) is 0 Å². The van der Waals surface area contributed by atoms with Gasteiger partial charge in [-0.1, -0.05) is 30.3 Å². The van der Waals surface area contributed by atoms with Gasteiger partial charge in [0, 0.05) is 14.1 Å². The first-order chi connectivity index (χ1) is 14.5. The van der Waals surface area contributed by atoms with Gasteiger partial charge in [0.1, 0.15) is 30.8 Å². The molecule has 1 aliphatic rings. The topological polar surface area (TPSA) is 85.7 Å². The Morgan fingerprint density at radius 3 is 2.70 bits per heavy atom. The average Bonchev–Trinajstić information content (AvgIpc) is 3.10. The summed E-state index contributed by atoms with van der Waals surface area (Å²) in [5.41, 5.74) is 1.61. The van der Waals surface area contributed by atoms with Gasteiger partial charge in [0.25, 0.3) is 11.8 Å².